The Labute approximate surface area is 114 Å². The summed E-state index contributed by atoms with van der Waals surface area (Å²) in [6.07, 6.45) is 5.70. The number of piperidine rings is 1. The molecule has 1 fully saturated rings. The lowest BCUT2D eigenvalue weighted by Gasteiger charge is -2.35. The molecule has 100 valence electrons. The second kappa shape index (κ2) is 5.87. The van der Waals surface area contributed by atoms with Gasteiger partial charge in [-0.25, -0.2) is 0 Å². The van der Waals surface area contributed by atoms with Crippen molar-refractivity contribution in [2.24, 2.45) is 0 Å². The van der Waals surface area contributed by atoms with Crippen LogP contribution in [-0.4, -0.2) is 23.4 Å². The van der Waals surface area contributed by atoms with Crippen LogP contribution >= 0.6 is 11.3 Å². The van der Waals surface area contributed by atoms with Crippen LogP contribution in [0.15, 0.2) is 6.07 Å². The zero-order valence-electron chi connectivity index (χ0n) is 11.7. The third-order valence-corrected chi connectivity index (χ3v) is 5.05. The molecule has 0 saturated carbocycles. The minimum absolute atomic E-state index is 0.259. The molecule has 2 nitrogen and oxygen atoms in total. The Hall–Kier alpha value is -0.830. The lowest BCUT2D eigenvalue weighted by Crippen LogP contribution is -2.43. The molecule has 1 aromatic heterocycles. The first kappa shape index (κ1) is 13.6. The fourth-order valence-corrected chi connectivity index (χ4v) is 3.88. The fraction of sp³-hybridized carbons (Fsp3) is 0.667. The van der Waals surface area contributed by atoms with E-state index in [1.54, 1.807) is 11.3 Å². The van der Waals surface area contributed by atoms with Crippen molar-refractivity contribution in [3.8, 4) is 0 Å². The van der Waals surface area contributed by atoms with E-state index in [0.717, 1.165) is 30.7 Å². The minimum Gasteiger partial charge on any atom is -0.335 e. The monoisotopic (exact) mass is 265 g/mol. The van der Waals surface area contributed by atoms with Gasteiger partial charge < -0.3 is 4.90 Å². The van der Waals surface area contributed by atoms with Crippen LogP contribution in [-0.2, 0) is 6.42 Å². The Kier molecular flexibility index (Phi) is 4.44. The Morgan fingerprint density at radius 1 is 1.44 bits per heavy atom. The van der Waals surface area contributed by atoms with Gasteiger partial charge in [0.2, 0.25) is 0 Å². The maximum absolute atomic E-state index is 12.6. The fourth-order valence-electron chi connectivity index (χ4n) is 2.81. The van der Waals surface area contributed by atoms with Gasteiger partial charge in [0.25, 0.3) is 5.91 Å². The van der Waals surface area contributed by atoms with Gasteiger partial charge in [-0.15, -0.1) is 11.3 Å². The van der Waals surface area contributed by atoms with Crippen molar-refractivity contribution in [1.82, 2.24) is 4.90 Å². The lowest BCUT2D eigenvalue weighted by atomic mass is 10.00. The molecule has 0 radical (unpaired) electrons. The van der Waals surface area contributed by atoms with E-state index in [1.807, 2.05) is 0 Å². The summed E-state index contributed by atoms with van der Waals surface area (Å²) in [5.74, 6) is 0.259. The number of hydrogen-bond acceptors (Lipinski definition) is 2. The van der Waals surface area contributed by atoms with Crippen molar-refractivity contribution in [3.63, 3.8) is 0 Å². The van der Waals surface area contributed by atoms with Crippen molar-refractivity contribution < 1.29 is 4.79 Å². The molecule has 2 rings (SSSR count). The van der Waals surface area contributed by atoms with Crippen LogP contribution in [0.25, 0.3) is 0 Å². The quantitative estimate of drug-likeness (QED) is 0.808. The zero-order chi connectivity index (χ0) is 13.1. The Balaban J connectivity index is 2.18. The van der Waals surface area contributed by atoms with E-state index in [9.17, 15) is 4.79 Å². The second-order valence-electron chi connectivity index (χ2n) is 5.10. The van der Waals surface area contributed by atoms with E-state index in [-0.39, 0.29) is 5.91 Å². The predicted molar refractivity (Wildman–Crippen MR) is 77.4 cm³/mol. The first-order valence-electron chi connectivity index (χ1n) is 7.07. The van der Waals surface area contributed by atoms with Crippen molar-refractivity contribution in [3.05, 3.63) is 21.4 Å². The van der Waals surface area contributed by atoms with Crippen molar-refractivity contribution in [1.29, 1.82) is 0 Å². The van der Waals surface area contributed by atoms with Crippen LogP contribution < -0.4 is 0 Å². The summed E-state index contributed by atoms with van der Waals surface area (Å²) < 4.78 is 0. The number of likely N-dealkylation sites (tertiary alicyclic amines) is 1. The predicted octanol–water partition coefficient (Wildman–Crippen LogP) is 4.02. The van der Waals surface area contributed by atoms with Gasteiger partial charge in [-0.05, 0) is 50.7 Å². The van der Waals surface area contributed by atoms with Crippen LogP contribution in [0.5, 0.6) is 0 Å². The highest BCUT2D eigenvalue weighted by molar-refractivity contribution is 7.14. The number of carbonyl (C=O) groups excluding carboxylic acids is 1. The first-order valence-corrected chi connectivity index (χ1v) is 7.89. The smallest absolute Gasteiger partial charge is 0.264 e. The molecule has 1 unspecified atom stereocenters. The largest absolute Gasteiger partial charge is 0.335 e. The van der Waals surface area contributed by atoms with Gasteiger partial charge in [0, 0.05) is 17.5 Å². The third kappa shape index (κ3) is 2.61. The van der Waals surface area contributed by atoms with Crippen LogP contribution in [0.4, 0.5) is 0 Å². The van der Waals surface area contributed by atoms with Crippen LogP contribution in [0.3, 0.4) is 0 Å². The normalized spacial score (nSPS) is 20.2. The molecule has 2 heterocycles. The molecule has 0 aromatic carbocycles. The van der Waals surface area contributed by atoms with Crippen LogP contribution in [0.2, 0.25) is 0 Å². The third-order valence-electron chi connectivity index (χ3n) is 3.97. The van der Waals surface area contributed by atoms with Gasteiger partial charge >= 0.3 is 0 Å². The molecule has 3 heteroatoms. The summed E-state index contributed by atoms with van der Waals surface area (Å²) in [6, 6.07) is 2.56. The van der Waals surface area contributed by atoms with Gasteiger partial charge in [-0.2, -0.15) is 0 Å². The van der Waals surface area contributed by atoms with Gasteiger partial charge in [0.15, 0.2) is 0 Å². The molecule has 1 aromatic rings. The van der Waals surface area contributed by atoms with Crippen molar-refractivity contribution in [2.45, 2.75) is 58.9 Å². The van der Waals surface area contributed by atoms with Gasteiger partial charge in [0.1, 0.15) is 0 Å². The molecular weight excluding hydrogens is 242 g/mol. The minimum atomic E-state index is 0.259. The van der Waals surface area contributed by atoms with E-state index in [0.29, 0.717) is 6.04 Å². The Morgan fingerprint density at radius 2 is 2.22 bits per heavy atom. The van der Waals surface area contributed by atoms with Crippen molar-refractivity contribution in [2.75, 3.05) is 6.54 Å². The molecule has 0 aliphatic carbocycles. The van der Waals surface area contributed by atoms with Gasteiger partial charge in [-0.3, -0.25) is 4.79 Å². The Morgan fingerprint density at radius 3 is 2.83 bits per heavy atom. The molecule has 0 spiro atoms. The van der Waals surface area contributed by atoms with E-state index in [4.69, 9.17) is 0 Å². The molecule has 1 amide bonds. The topological polar surface area (TPSA) is 20.3 Å². The number of amides is 1. The number of rotatable bonds is 3. The highest BCUT2D eigenvalue weighted by Crippen LogP contribution is 2.27. The molecular formula is C15H23NOS. The number of aryl methyl sites for hydroxylation is 2. The number of hydrogen-bond donors (Lipinski definition) is 0. The van der Waals surface area contributed by atoms with E-state index in [2.05, 4.69) is 31.7 Å². The maximum atomic E-state index is 12.6. The molecule has 0 bridgehead atoms. The molecule has 1 aliphatic heterocycles. The highest BCUT2D eigenvalue weighted by Gasteiger charge is 2.27. The van der Waals surface area contributed by atoms with Crippen LogP contribution in [0, 0.1) is 6.92 Å². The van der Waals surface area contributed by atoms with Crippen LogP contribution in [0.1, 0.15) is 59.6 Å². The van der Waals surface area contributed by atoms with E-state index in [1.165, 1.54) is 23.3 Å². The maximum Gasteiger partial charge on any atom is 0.264 e. The zero-order valence-corrected chi connectivity index (χ0v) is 12.5. The SMILES string of the molecule is CCc1cc(C(=O)N2CCCCC2CC)sc1C. The number of carbonyl (C=O) groups is 1. The first-order chi connectivity index (χ1) is 8.67. The average Bonchev–Trinajstić information content (AvgIpc) is 2.79. The number of nitrogens with zero attached hydrogens (tertiary/aromatic N) is 1. The number of thiophene rings is 1. The lowest BCUT2D eigenvalue weighted by molar-refractivity contribution is 0.0613. The molecule has 1 atom stereocenters. The summed E-state index contributed by atoms with van der Waals surface area (Å²) >= 11 is 1.66. The standard InChI is InChI=1S/C15H23NOS/c1-4-12-10-14(18-11(12)3)15(17)16-9-7-6-8-13(16)5-2/h10,13H,4-9H2,1-3H3. The summed E-state index contributed by atoms with van der Waals surface area (Å²) in [6.45, 7) is 7.40. The van der Waals surface area contributed by atoms with Gasteiger partial charge in [0.05, 0.1) is 4.88 Å². The molecule has 1 aliphatic rings. The molecule has 18 heavy (non-hydrogen) atoms. The molecule has 0 N–H and O–H groups in total. The summed E-state index contributed by atoms with van der Waals surface area (Å²) in [4.78, 5) is 16.9. The van der Waals surface area contributed by atoms with Gasteiger partial charge in [-0.1, -0.05) is 13.8 Å². The van der Waals surface area contributed by atoms with Crippen molar-refractivity contribution >= 4 is 17.2 Å². The summed E-state index contributed by atoms with van der Waals surface area (Å²) in [7, 11) is 0. The molecule has 1 saturated heterocycles. The second-order valence-corrected chi connectivity index (χ2v) is 6.36. The summed E-state index contributed by atoms with van der Waals surface area (Å²) in [5.41, 5.74) is 1.33. The summed E-state index contributed by atoms with van der Waals surface area (Å²) in [5, 5.41) is 0. The Bertz CT molecular complexity index is 424. The average molecular weight is 265 g/mol. The highest BCUT2D eigenvalue weighted by atomic mass is 32.1. The van der Waals surface area contributed by atoms with E-state index < -0.39 is 0 Å². The van der Waals surface area contributed by atoms with E-state index >= 15 is 0 Å².